The van der Waals surface area contributed by atoms with Crippen LogP contribution in [0.25, 0.3) is 0 Å². The van der Waals surface area contributed by atoms with Crippen LogP contribution in [0, 0.1) is 6.92 Å². The molecule has 4 nitrogen and oxygen atoms in total. The summed E-state index contributed by atoms with van der Waals surface area (Å²) in [6, 6.07) is 13.4. The second-order valence-electron chi connectivity index (χ2n) is 5.00. The molecular weight excluding hydrogens is 350 g/mol. The second kappa shape index (κ2) is 16.0. The Hall–Kier alpha value is -2.46. The van der Waals surface area contributed by atoms with Crippen LogP contribution in [0.1, 0.15) is 47.3 Å². The predicted molar refractivity (Wildman–Crippen MR) is 109 cm³/mol. The lowest BCUT2D eigenvalue weighted by Gasteiger charge is -1.96. The highest BCUT2D eigenvalue weighted by molar-refractivity contribution is 6.30. The van der Waals surface area contributed by atoms with E-state index in [9.17, 15) is 4.79 Å². The van der Waals surface area contributed by atoms with Crippen LogP contribution in [-0.2, 0) is 22.4 Å². The number of nitrogens with two attached hydrogens (primary N) is 1. The summed E-state index contributed by atoms with van der Waals surface area (Å²) in [7, 11) is 0. The highest BCUT2D eigenvalue weighted by atomic mass is 35.5. The van der Waals surface area contributed by atoms with Gasteiger partial charge < -0.3 is 15.3 Å². The molecule has 1 aliphatic carbocycles. The Morgan fingerprint density at radius 3 is 1.92 bits per heavy atom. The third-order valence-electron chi connectivity index (χ3n) is 3.40. The van der Waals surface area contributed by atoms with E-state index in [-0.39, 0.29) is 5.91 Å². The maximum atomic E-state index is 10.5. The molecule has 0 atom stereocenters. The lowest BCUT2D eigenvalue weighted by atomic mass is 10.1. The normalized spacial score (nSPS) is 10.0. The summed E-state index contributed by atoms with van der Waals surface area (Å²) in [4.78, 5) is 26.5. The van der Waals surface area contributed by atoms with Crippen molar-refractivity contribution in [3.8, 4) is 0 Å². The van der Waals surface area contributed by atoms with Crippen molar-refractivity contribution in [2.45, 2.75) is 40.0 Å². The molecule has 0 aromatic heterocycles. The Kier molecular flexibility index (Phi) is 15.9. The minimum Gasteiger partial charge on any atom is -0.366 e. The van der Waals surface area contributed by atoms with Crippen molar-refractivity contribution < 1.29 is 14.4 Å². The molecule has 1 amide bonds. The van der Waals surface area contributed by atoms with Crippen molar-refractivity contribution in [2.75, 3.05) is 0 Å². The number of carbonyl (C=O) groups excluding carboxylic acids is 3. The van der Waals surface area contributed by atoms with Gasteiger partial charge in [0.2, 0.25) is 5.91 Å². The lowest BCUT2D eigenvalue weighted by molar-refractivity contribution is -0.0987. The number of amides is 1. The second-order valence-corrected chi connectivity index (χ2v) is 5.43. The lowest BCUT2D eigenvalue weighted by Crippen LogP contribution is -2.10. The number of aryl methyl sites for hydroxylation is 3. The van der Waals surface area contributed by atoms with Crippen LogP contribution in [0.3, 0.4) is 0 Å². The quantitative estimate of drug-likeness (QED) is 0.790. The Labute approximate surface area is 161 Å². The third kappa shape index (κ3) is 9.74. The van der Waals surface area contributed by atoms with E-state index < -0.39 is 0 Å². The van der Waals surface area contributed by atoms with E-state index in [0.29, 0.717) is 5.56 Å². The summed E-state index contributed by atoms with van der Waals surface area (Å²) in [6.07, 6.45) is 3.76. The number of fused-ring (bicyclic) bond motifs is 1. The van der Waals surface area contributed by atoms with E-state index in [4.69, 9.17) is 26.9 Å². The predicted octanol–water partition coefficient (Wildman–Crippen LogP) is 4.58. The molecule has 0 unspecified atom stereocenters. The summed E-state index contributed by atoms with van der Waals surface area (Å²) < 4.78 is 0. The fourth-order valence-electron chi connectivity index (χ4n) is 2.26. The molecule has 1 aliphatic rings. The molecule has 0 radical (unpaired) electrons. The van der Waals surface area contributed by atoms with Crippen molar-refractivity contribution in [1.29, 1.82) is 0 Å². The summed E-state index contributed by atoms with van der Waals surface area (Å²) >= 11 is 5.82. The van der Waals surface area contributed by atoms with E-state index in [0.717, 1.165) is 10.6 Å². The van der Waals surface area contributed by atoms with Gasteiger partial charge in [-0.25, -0.2) is 0 Å². The van der Waals surface area contributed by atoms with Crippen LogP contribution >= 0.6 is 11.6 Å². The fourth-order valence-corrected chi connectivity index (χ4v) is 2.45. The minimum absolute atomic E-state index is 0.375. The van der Waals surface area contributed by atoms with E-state index in [1.165, 1.54) is 30.4 Å². The van der Waals surface area contributed by atoms with Crippen LogP contribution in [-0.4, -0.2) is 19.5 Å². The molecule has 2 aromatic carbocycles. The van der Waals surface area contributed by atoms with Crippen molar-refractivity contribution in [3.63, 3.8) is 0 Å². The molecule has 0 fully saturated rings. The van der Waals surface area contributed by atoms with Crippen LogP contribution in [0.4, 0.5) is 0 Å². The zero-order valence-corrected chi connectivity index (χ0v) is 16.5. The van der Waals surface area contributed by atoms with Crippen LogP contribution in [0.2, 0.25) is 5.02 Å². The van der Waals surface area contributed by atoms with Gasteiger partial charge in [0, 0.05) is 10.6 Å². The topological polar surface area (TPSA) is 77.2 Å². The number of hydrogen-bond donors (Lipinski definition) is 1. The maximum Gasteiger partial charge on any atom is 0.248 e. The van der Waals surface area contributed by atoms with Crippen molar-refractivity contribution in [3.05, 3.63) is 69.7 Å². The molecule has 2 aromatic rings. The molecular formula is C21H28ClNO3. The smallest absolute Gasteiger partial charge is 0.248 e. The van der Waals surface area contributed by atoms with Gasteiger partial charge in [0.15, 0.2) is 0 Å². The van der Waals surface area contributed by atoms with Gasteiger partial charge in [0.25, 0.3) is 0 Å². The highest BCUT2D eigenvalue weighted by Crippen LogP contribution is 2.24. The van der Waals surface area contributed by atoms with E-state index in [1.807, 2.05) is 52.5 Å². The summed E-state index contributed by atoms with van der Waals surface area (Å²) in [5.74, 6) is -0.375. The summed E-state index contributed by atoms with van der Waals surface area (Å²) in [5, 5.41) is 0.876. The first-order chi connectivity index (χ1) is 12.6. The number of benzene rings is 2. The number of hydrogen-bond acceptors (Lipinski definition) is 3. The Morgan fingerprint density at radius 1 is 0.923 bits per heavy atom. The highest BCUT2D eigenvalue weighted by Gasteiger charge is 2.09. The largest absolute Gasteiger partial charge is 0.366 e. The maximum absolute atomic E-state index is 10.5. The molecule has 142 valence electrons. The summed E-state index contributed by atoms with van der Waals surface area (Å²) in [6.45, 7) is 9.96. The third-order valence-corrected chi connectivity index (χ3v) is 3.63. The standard InChI is InChI=1S/C9H9Cl.C8H9NO.C2H6.2CH2O/c10-9-5-4-7-2-1-3-8(7)6-9;1-6-2-4-7(5-3-6)8(9)10;3*1-2/h4-6H,1-3H2;2-5H,1H3,(H2,9,10);1-2H3;2*1H2. The van der Waals surface area contributed by atoms with Crippen molar-refractivity contribution in [2.24, 2.45) is 5.73 Å². The number of halogens is 1. The number of rotatable bonds is 1. The molecule has 26 heavy (non-hydrogen) atoms. The van der Waals surface area contributed by atoms with Gasteiger partial charge >= 0.3 is 0 Å². The van der Waals surface area contributed by atoms with Gasteiger partial charge in [-0.1, -0.05) is 49.2 Å². The molecule has 0 saturated carbocycles. The number of primary amides is 1. The first kappa shape index (κ1) is 25.8. The molecule has 0 heterocycles. The van der Waals surface area contributed by atoms with E-state index in [1.54, 1.807) is 12.1 Å². The van der Waals surface area contributed by atoms with Crippen molar-refractivity contribution in [1.82, 2.24) is 0 Å². The van der Waals surface area contributed by atoms with Crippen LogP contribution in [0.5, 0.6) is 0 Å². The zero-order chi connectivity index (χ0) is 20.5. The molecule has 0 spiro atoms. The van der Waals surface area contributed by atoms with Crippen molar-refractivity contribution >= 4 is 31.1 Å². The Morgan fingerprint density at radius 2 is 1.42 bits per heavy atom. The monoisotopic (exact) mass is 377 g/mol. The minimum atomic E-state index is -0.375. The van der Waals surface area contributed by atoms with E-state index in [2.05, 4.69) is 12.1 Å². The van der Waals surface area contributed by atoms with Gasteiger partial charge in [0.1, 0.15) is 13.6 Å². The molecule has 2 N–H and O–H groups in total. The molecule has 5 heteroatoms. The molecule has 0 bridgehead atoms. The first-order valence-electron chi connectivity index (χ1n) is 8.28. The Balaban J connectivity index is 0. The van der Waals surface area contributed by atoms with Gasteiger partial charge in [-0.3, -0.25) is 4.79 Å². The molecule has 0 saturated heterocycles. The average molecular weight is 378 g/mol. The SMILES string of the molecule is C=O.C=O.CC.Cc1ccc(C(N)=O)cc1.Clc1ccc2c(c1)CCC2. The van der Waals surface area contributed by atoms with Crippen LogP contribution < -0.4 is 5.73 Å². The van der Waals surface area contributed by atoms with Gasteiger partial charge in [-0.05, 0) is 61.6 Å². The zero-order valence-electron chi connectivity index (χ0n) is 15.8. The first-order valence-corrected chi connectivity index (χ1v) is 8.65. The summed E-state index contributed by atoms with van der Waals surface area (Å²) in [5.41, 5.74) is 9.66. The molecule has 0 aliphatic heterocycles. The number of carbonyl (C=O) groups is 3. The average Bonchev–Trinajstić information content (AvgIpc) is 3.15. The van der Waals surface area contributed by atoms with Crippen LogP contribution in [0.15, 0.2) is 42.5 Å². The van der Waals surface area contributed by atoms with Gasteiger partial charge in [-0.15, -0.1) is 0 Å². The Bertz CT molecular complexity index is 640. The molecule has 3 rings (SSSR count). The fraction of sp³-hybridized carbons (Fsp3) is 0.286. The van der Waals surface area contributed by atoms with E-state index >= 15 is 0 Å². The van der Waals surface area contributed by atoms with Gasteiger partial charge in [0.05, 0.1) is 0 Å². The van der Waals surface area contributed by atoms with Gasteiger partial charge in [-0.2, -0.15) is 0 Å².